The molecule has 0 atom stereocenters. The molecule has 0 aliphatic heterocycles. The highest BCUT2D eigenvalue weighted by Crippen LogP contribution is 2.25. The van der Waals surface area contributed by atoms with Gasteiger partial charge >= 0.3 is 5.97 Å². The van der Waals surface area contributed by atoms with Crippen molar-refractivity contribution in [3.05, 3.63) is 46.8 Å². The highest BCUT2D eigenvalue weighted by Gasteiger charge is 2.13. The number of amides is 2. The fourth-order valence-electron chi connectivity index (χ4n) is 2.06. The van der Waals surface area contributed by atoms with E-state index in [0.29, 0.717) is 22.1 Å². The molecule has 1 aromatic carbocycles. The number of ether oxygens (including phenoxy) is 3. The minimum Gasteiger partial charge on any atom is -0.497 e. The minimum absolute atomic E-state index is 0.200. The summed E-state index contributed by atoms with van der Waals surface area (Å²) in [5, 5.41) is 4.40. The number of rotatable bonds is 8. The molecule has 0 fully saturated rings. The number of hydrogen-bond acceptors (Lipinski definition) is 7. The molecule has 0 aliphatic carbocycles. The molecule has 0 radical (unpaired) electrons. The molecule has 27 heavy (non-hydrogen) atoms. The number of methoxy groups -OCH3 is 2. The Bertz CT molecular complexity index is 874. The molecule has 0 saturated carbocycles. The van der Waals surface area contributed by atoms with Crippen LogP contribution in [0.3, 0.4) is 0 Å². The third-order valence-electron chi connectivity index (χ3n) is 3.37. The standard InChI is InChI=1S/C18H18N2O6S/c1-24-12-5-3-11(14(9-12)25-2)4-6-16(22)26-10-15(21)20-18-13(17(19)23)7-8-27-18/h3-9H,10H2,1-2H3,(H2,19,23)(H,20,21)/b6-4+. The zero-order chi connectivity index (χ0) is 19.8. The van der Waals surface area contributed by atoms with Gasteiger partial charge in [0, 0.05) is 17.7 Å². The number of nitrogens with one attached hydrogen (secondary N) is 1. The lowest BCUT2D eigenvalue weighted by molar-refractivity contribution is -0.142. The van der Waals surface area contributed by atoms with Crippen molar-refractivity contribution in [2.75, 3.05) is 26.1 Å². The van der Waals surface area contributed by atoms with Crippen molar-refractivity contribution in [2.24, 2.45) is 5.73 Å². The first-order valence-electron chi connectivity index (χ1n) is 7.68. The van der Waals surface area contributed by atoms with Crippen LogP contribution in [0.25, 0.3) is 6.08 Å². The van der Waals surface area contributed by atoms with E-state index < -0.39 is 24.4 Å². The predicted molar refractivity (Wildman–Crippen MR) is 101 cm³/mol. The van der Waals surface area contributed by atoms with Crippen molar-refractivity contribution >= 4 is 40.2 Å². The zero-order valence-electron chi connectivity index (χ0n) is 14.7. The Kier molecular flexibility index (Phi) is 6.95. The maximum atomic E-state index is 11.8. The Hall–Kier alpha value is -3.33. The third kappa shape index (κ3) is 5.58. The van der Waals surface area contributed by atoms with Crippen LogP contribution >= 0.6 is 11.3 Å². The normalized spacial score (nSPS) is 10.4. The van der Waals surface area contributed by atoms with Gasteiger partial charge in [0.15, 0.2) is 6.61 Å². The molecule has 9 heteroatoms. The predicted octanol–water partition coefficient (Wildman–Crippen LogP) is 2.06. The van der Waals surface area contributed by atoms with E-state index in [1.54, 1.807) is 23.6 Å². The topological polar surface area (TPSA) is 117 Å². The van der Waals surface area contributed by atoms with Gasteiger partial charge in [0.1, 0.15) is 16.5 Å². The van der Waals surface area contributed by atoms with Gasteiger partial charge in [-0.1, -0.05) is 0 Å². The van der Waals surface area contributed by atoms with Gasteiger partial charge < -0.3 is 25.3 Å². The maximum absolute atomic E-state index is 11.8. The van der Waals surface area contributed by atoms with Crippen LogP contribution < -0.4 is 20.5 Å². The Morgan fingerprint density at radius 1 is 1.19 bits per heavy atom. The second-order valence-electron chi connectivity index (χ2n) is 5.12. The highest BCUT2D eigenvalue weighted by atomic mass is 32.1. The number of esters is 1. The van der Waals surface area contributed by atoms with Crippen LogP contribution in [0.5, 0.6) is 11.5 Å². The van der Waals surface area contributed by atoms with Crippen molar-refractivity contribution in [2.45, 2.75) is 0 Å². The van der Waals surface area contributed by atoms with Crippen LogP contribution in [0.2, 0.25) is 0 Å². The summed E-state index contributed by atoms with van der Waals surface area (Å²) in [6.45, 7) is -0.501. The molecule has 0 aliphatic rings. The van der Waals surface area contributed by atoms with Gasteiger partial charge in [-0.05, 0) is 29.7 Å². The molecule has 2 amide bonds. The number of anilines is 1. The SMILES string of the molecule is COc1ccc(/C=C/C(=O)OCC(=O)Nc2sccc2C(N)=O)c(OC)c1. The molecule has 1 heterocycles. The Morgan fingerprint density at radius 3 is 2.63 bits per heavy atom. The van der Waals surface area contributed by atoms with E-state index in [1.807, 2.05) is 0 Å². The lowest BCUT2D eigenvalue weighted by Crippen LogP contribution is -2.21. The lowest BCUT2D eigenvalue weighted by Gasteiger charge is -2.07. The average molecular weight is 390 g/mol. The van der Waals surface area contributed by atoms with Crippen LogP contribution in [0, 0.1) is 0 Å². The number of hydrogen-bond donors (Lipinski definition) is 2. The lowest BCUT2D eigenvalue weighted by atomic mass is 10.2. The first-order chi connectivity index (χ1) is 12.9. The van der Waals surface area contributed by atoms with Gasteiger partial charge in [-0.25, -0.2) is 4.79 Å². The number of carbonyl (C=O) groups is 3. The van der Waals surface area contributed by atoms with E-state index in [2.05, 4.69) is 5.32 Å². The quantitative estimate of drug-likeness (QED) is 0.526. The van der Waals surface area contributed by atoms with Crippen LogP contribution in [-0.2, 0) is 14.3 Å². The maximum Gasteiger partial charge on any atom is 0.331 e. The Labute approximate surface area is 159 Å². The third-order valence-corrected chi connectivity index (χ3v) is 4.20. The minimum atomic E-state index is -0.704. The number of carbonyl (C=O) groups excluding carboxylic acids is 3. The van der Waals surface area contributed by atoms with Gasteiger partial charge in [-0.3, -0.25) is 9.59 Å². The van der Waals surface area contributed by atoms with Crippen molar-refractivity contribution in [3.8, 4) is 11.5 Å². The van der Waals surface area contributed by atoms with E-state index in [-0.39, 0.29) is 5.56 Å². The summed E-state index contributed by atoms with van der Waals surface area (Å²) in [6.07, 6.45) is 2.68. The van der Waals surface area contributed by atoms with Gasteiger partial charge in [0.2, 0.25) is 0 Å². The van der Waals surface area contributed by atoms with Gasteiger partial charge in [-0.15, -0.1) is 11.3 Å². The molecule has 0 spiro atoms. The van der Waals surface area contributed by atoms with Crippen molar-refractivity contribution in [3.63, 3.8) is 0 Å². The number of benzene rings is 1. The van der Waals surface area contributed by atoms with Crippen molar-refractivity contribution in [1.29, 1.82) is 0 Å². The summed E-state index contributed by atoms with van der Waals surface area (Å²) < 4.78 is 15.2. The Morgan fingerprint density at radius 2 is 1.96 bits per heavy atom. The fourth-order valence-corrected chi connectivity index (χ4v) is 2.87. The fraction of sp³-hybridized carbons (Fsp3) is 0.167. The van der Waals surface area contributed by atoms with E-state index in [9.17, 15) is 14.4 Å². The summed E-state index contributed by atoms with van der Waals surface area (Å²) in [5.41, 5.74) is 6.04. The molecular weight excluding hydrogens is 372 g/mol. The summed E-state index contributed by atoms with van der Waals surface area (Å²) >= 11 is 1.14. The van der Waals surface area contributed by atoms with Crippen molar-refractivity contribution < 1.29 is 28.6 Å². The van der Waals surface area contributed by atoms with Crippen LogP contribution in [-0.4, -0.2) is 38.6 Å². The average Bonchev–Trinajstić information content (AvgIpc) is 3.12. The molecule has 8 nitrogen and oxygen atoms in total. The number of nitrogens with two attached hydrogens (primary N) is 1. The first-order valence-corrected chi connectivity index (χ1v) is 8.56. The molecule has 3 N–H and O–H groups in total. The molecule has 0 saturated heterocycles. The highest BCUT2D eigenvalue weighted by molar-refractivity contribution is 7.14. The number of thiophene rings is 1. The zero-order valence-corrected chi connectivity index (χ0v) is 15.5. The molecule has 2 rings (SSSR count). The Balaban J connectivity index is 1.90. The second-order valence-corrected chi connectivity index (χ2v) is 6.04. The van der Waals surface area contributed by atoms with Crippen molar-refractivity contribution in [1.82, 2.24) is 0 Å². The van der Waals surface area contributed by atoms with E-state index in [4.69, 9.17) is 19.9 Å². The molecule has 0 bridgehead atoms. The van der Waals surface area contributed by atoms with Gasteiger partial charge in [0.05, 0.1) is 19.8 Å². The van der Waals surface area contributed by atoms with Gasteiger partial charge in [-0.2, -0.15) is 0 Å². The first kappa shape index (κ1) is 20.0. The summed E-state index contributed by atoms with van der Waals surface area (Å²) in [6, 6.07) is 6.62. The van der Waals surface area contributed by atoms with Crippen LogP contribution in [0.4, 0.5) is 5.00 Å². The van der Waals surface area contributed by atoms with Crippen LogP contribution in [0.1, 0.15) is 15.9 Å². The molecule has 1 aromatic heterocycles. The smallest absolute Gasteiger partial charge is 0.331 e. The van der Waals surface area contributed by atoms with E-state index in [1.165, 1.54) is 32.4 Å². The number of primary amides is 1. The monoisotopic (exact) mass is 390 g/mol. The molecular formula is C18H18N2O6S. The molecule has 2 aromatic rings. The van der Waals surface area contributed by atoms with E-state index in [0.717, 1.165) is 11.3 Å². The van der Waals surface area contributed by atoms with E-state index >= 15 is 0 Å². The largest absolute Gasteiger partial charge is 0.497 e. The summed E-state index contributed by atoms with van der Waals surface area (Å²) in [4.78, 5) is 34.8. The molecule has 0 unspecified atom stereocenters. The van der Waals surface area contributed by atoms with Crippen LogP contribution in [0.15, 0.2) is 35.7 Å². The summed E-state index contributed by atoms with van der Waals surface area (Å²) in [5.74, 6) is -0.798. The molecule has 142 valence electrons. The summed E-state index contributed by atoms with van der Waals surface area (Å²) in [7, 11) is 3.04. The second kappa shape index (κ2) is 9.39. The van der Waals surface area contributed by atoms with Gasteiger partial charge in [0.25, 0.3) is 11.8 Å².